The van der Waals surface area contributed by atoms with Gasteiger partial charge in [-0.1, -0.05) is 36.2 Å². The third kappa shape index (κ3) is 3.31. The van der Waals surface area contributed by atoms with Crippen LogP contribution in [-0.4, -0.2) is 14.8 Å². The lowest BCUT2D eigenvalue weighted by Gasteiger charge is -2.05. The molecule has 4 nitrogen and oxygen atoms in total. The fourth-order valence-electron chi connectivity index (χ4n) is 3.21. The van der Waals surface area contributed by atoms with E-state index in [9.17, 15) is 5.26 Å². The van der Waals surface area contributed by atoms with Crippen LogP contribution in [0.4, 0.5) is 0 Å². The van der Waals surface area contributed by atoms with Crippen molar-refractivity contribution in [1.82, 2.24) is 14.8 Å². The minimum atomic E-state index is 0.554. The number of rotatable bonds is 3. The second-order valence-electron chi connectivity index (χ2n) is 6.25. The van der Waals surface area contributed by atoms with E-state index in [1.807, 2.05) is 42.5 Å². The van der Waals surface area contributed by atoms with E-state index < -0.39 is 0 Å². The average molecular weight is 381 g/mol. The Bertz CT molecular complexity index is 1010. The Kier molecular flexibility index (Phi) is 4.87. The standard InChI is InChI=1S/C20H17ClN4S/c21-17-7-4-3-6-16(17)18-10-9-15(26-18)12-14(13-22)20-24-23-19-8-2-1-5-11-25(19)20/h3-4,6-7,9-10,12H,1-2,5,8,11H2/b14-12-. The molecule has 0 bridgehead atoms. The number of allylic oxidation sites excluding steroid dienone is 1. The highest BCUT2D eigenvalue weighted by Crippen LogP contribution is 2.34. The summed E-state index contributed by atoms with van der Waals surface area (Å²) in [4.78, 5) is 2.08. The number of hydrogen-bond donors (Lipinski definition) is 0. The SMILES string of the molecule is N#C/C(=C/c1ccc(-c2ccccc2Cl)s1)c1nnc2n1CCCCC2. The number of benzene rings is 1. The molecule has 2 aromatic heterocycles. The second kappa shape index (κ2) is 7.45. The maximum atomic E-state index is 9.68. The Morgan fingerprint density at radius 3 is 2.88 bits per heavy atom. The molecule has 3 heterocycles. The monoisotopic (exact) mass is 380 g/mol. The van der Waals surface area contributed by atoms with Gasteiger partial charge in [0.2, 0.25) is 0 Å². The van der Waals surface area contributed by atoms with Crippen LogP contribution in [0.1, 0.15) is 35.8 Å². The number of aryl methyl sites for hydroxylation is 1. The van der Waals surface area contributed by atoms with Gasteiger partial charge in [0.25, 0.3) is 0 Å². The number of thiophene rings is 1. The Morgan fingerprint density at radius 1 is 1.15 bits per heavy atom. The van der Waals surface area contributed by atoms with Crippen molar-refractivity contribution in [3.05, 3.63) is 57.9 Å². The average Bonchev–Trinajstić information content (AvgIpc) is 3.21. The first-order valence-corrected chi connectivity index (χ1v) is 9.84. The summed E-state index contributed by atoms with van der Waals surface area (Å²) in [7, 11) is 0. The number of nitriles is 1. The third-order valence-electron chi connectivity index (χ3n) is 4.52. The number of halogens is 1. The van der Waals surface area contributed by atoms with Gasteiger partial charge < -0.3 is 4.57 Å². The molecule has 1 aliphatic rings. The molecule has 0 radical (unpaired) electrons. The molecule has 0 amide bonds. The molecule has 1 aliphatic heterocycles. The zero-order chi connectivity index (χ0) is 17.9. The van der Waals surface area contributed by atoms with Crippen molar-refractivity contribution in [2.45, 2.75) is 32.2 Å². The summed E-state index contributed by atoms with van der Waals surface area (Å²) >= 11 is 7.91. The summed E-state index contributed by atoms with van der Waals surface area (Å²) < 4.78 is 2.10. The topological polar surface area (TPSA) is 54.5 Å². The van der Waals surface area contributed by atoms with Crippen molar-refractivity contribution >= 4 is 34.6 Å². The van der Waals surface area contributed by atoms with Crippen LogP contribution in [0.2, 0.25) is 5.02 Å². The van der Waals surface area contributed by atoms with Crippen LogP contribution < -0.4 is 0 Å². The molecule has 4 rings (SSSR count). The van der Waals surface area contributed by atoms with Gasteiger partial charge in [-0.2, -0.15) is 5.26 Å². The van der Waals surface area contributed by atoms with Gasteiger partial charge in [-0.15, -0.1) is 21.5 Å². The predicted octanol–water partition coefficient (Wildman–Crippen LogP) is 5.45. The molecule has 0 saturated heterocycles. The lowest BCUT2D eigenvalue weighted by Crippen LogP contribution is -2.05. The Labute approximate surface area is 161 Å². The van der Waals surface area contributed by atoms with Gasteiger partial charge in [-0.05, 0) is 37.1 Å². The highest BCUT2D eigenvalue weighted by Gasteiger charge is 2.18. The van der Waals surface area contributed by atoms with Crippen LogP contribution in [0.15, 0.2) is 36.4 Å². The van der Waals surface area contributed by atoms with E-state index in [1.54, 1.807) is 11.3 Å². The van der Waals surface area contributed by atoms with Crippen molar-refractivity contribution in [3.8, 4) is 16.5 Å². The number of hydrogen-bond acceptors (Lipinski definition) is 4. The molecule has 0 atom stereocenters. The van der Waals surface area contributed by atoms with E-state index in [4.69, 9.17) is 11.6 Å². The zero-order valence-electron chi connectivity index (χ0n) is 14.2. The minimum Gasteiger partial charge on any atom is -0.310 e. The zero-order valence-corrected chi connectivity index (χ0v) is 15.7. The summed E-state index contributed by atoms with van der Waals surface area (Å²) in [5.74, 6) is 1.67. The van der Waals surface area contributed by atoms with E-state index in [-0.39, 0.29) is 0 Å². The van der Waals surface area contributed by atoms with E-state index in [1.165, 1.54) is 6.42 Å². The van der Waals surface area contributed by atoms with Gasteiger partial charge in [-0.25, -0.2) is 0 Å². The van der Waals surface area contributed by atoms with E-state index in [2.05, 4.69) is 20.8 Å². The normalized spacial score (nSPS) is 14.5. The fraction of sp³-hybridized carbons (Fsp3) is 0.250. The predicted molar refractivity (Wildman–Crippen MR) is 106 cm³/mol. The van der Waals surface area contributed by atoms with Gasteiger partial charge in [0.15, 0.2) is 5.82 Å². The number of aromatic nitrogens is 3. The van der Waals surface area contributed by atoms with Crippen LogP contribution in [0.5, 0.6) is 0 Å². The van der Waals surface area contributed by atoms with Crippen LogP contribution in [0.25, 0.3) is 22.1 Å². The maximum absolute atomic E-state index is 9.68. The Hall–Kier alpha value is -2.42. The summed E-state index contributed by atoms with van der Waals surface area (Å²) in [5, 5.41) is 19.0. The summed E-state index contributed by atoms with van der Waals surface area (Å²) in [6.07, 6.45) is 6.26. The van der Waals surface area contributed by atoms with E-state index >= 15 is 0 Å². The van der Waals surface area contributed by atoms with Gasteiger partial charge in [0.1, 0.15) is 11.9 Å². The lowest BCUT2D eigenvalue weighted by molar-refractivity contribution is 0.627. The molecule has 1 aromatic carbocycles. The largest absolute Gasteiger partial charge is 0.310 e. The summed E-state index contributed by atoms with van der Waals surface area (Å²) in [6, 6.07) is 14.1. The number of fused-ring (bicyclic) bond motifs is 1. The molecule has 3 aromatic rings. The molecule has 26 heavy (non-hydrogen) atoms. The van der Waals surface area contributed by atoms with Crippen LogP contribution in [0.3, 0.4) is 0 Å². The molecule has 0 unspecified atom stereocenters. The first-order chi connectivity index (χ1) is 12.8. The quantitative estimate of drug-likeness (QED) is 0.567. The van der Waals surface area contributed by atoms with Crippen molar-refractivity contribution < 1.29 is 0 Å². The fourth-order valence-corrected chi connectivity index (χ4v) is 4.49. The Balaban J connectivity index is 1.69. The smallest absolute Gasteiger partial charge is 0.174 e. The Morgan fingerprint density at radius 2 is 2.04 bits per heavy atom. The van der Waals surface area contributed by atoms with Gasteiger partial charge in [-0.3, -0.25) is 0 Å². The molecule has 0 fully saturated rings. The minimum absolute atomic E-state index is 0.554. The molecule has 0 N–H and O–H groups in total. The van der Waals surface area contributed by atoms with Crippen LogP contribution >= 0.6 is 22.9 Å². The van der Waals surface area contributed by atoms with Gasteiger partial charge in [0, 0.05) is 33.3 Å². The van der Waals surface area contributed by atoms with E-state index in [0.717, 1.165) is 52.0 Å². The van der Waals surface area contributed by atoms with Crippen molar-refractivity contribution in [2.75, 3.05) is 0 Å². The molecule has 0 saturated carbocycles. The highest BCUT2D eigenvalue weighted by molar-refractivity contribution is 7.16. The molecule has 0 spiro atoms. The van der Waals surface area contributed by atoms with Crippen molar-refractivity contribution in [1.29, 1.82) is 5.26 Å². The molecular weight excluding hydrogens is 364 g/mol. The third-order valence-corrected chi connectivity index (χ3v) is 5.92. The van der Waals surface area contributed by atoms with Crippen molar-refractivity contribution in [2.24, 2.45) is 0 Å². The summed E-state index contributed by atoms with van der Waals surface area (Å²) in [6.45, 7) is 0.881. The van der Waals surface area contributed by atoms with Gasteiger partial charge >= 0.3 is 0 Å². The summed E-state index contributed by atoms with van der Waals surface area (Å²) in [5.41, 5.74) is 1.56. The van der Waals surface area contributed by atoms with Gasteiger partial charge in [0.05, 0.1) is 5.57 Å². The lowest BCUT2D eigenvalue weighted by atomic mass is 10.2. The molecule has 0 aliphatic carbocycles. The molecule has 6 heteroatoms. The molecular formula is C20H17ClN4S. The first kappa shape index (κ1) is 17.0. The van der Waals surface area contributed by atoms with E-state index in [0.29, 0.717) is 11.4 Å². The van der Waals surface area contributed by atoms with Crippen LogP contribution in [0, 0.1) is 11.3 Å². The van der Waals surface area contributed by atoms with Crippen LogP contribution in [-0.2, 0) is 13.0 Å². The maximum Gasteiger partial charge on any atom is 0.174 e. The highest BCUT2D eigenvalue weighted by atomic mass is 35.5. The second-order valence-corrected chi connectivity index (χ2v) is 7.78. The first-order valence-electron chi connectivity index (χ1n) is 8.65. The van der Waals surface area contributed by atoms with Crippen molar-refractivity contribution in [3.63, 3.8) is 0 Å². The number of nitrogens with zero attached hydrogens (tertiary/aromatic N) is 4. The molecule has 130 valence electrons.